The third kappa shape index (κ3) is 7.65. The van der Waals surface area contributed by atoms with Crippen LogP contribution in [0.4, 0.5) is 0 Å². The molecule has 0 radical (unpaired) electrons. The van der Waals surface area contributed by atoms with Gasteiger partial charge in [0.25, 0.3) is 0 Å². The van der Waals surface area contributed by atoms with E-state index in [1.807, 2.05) is 25.1 Å². The van der Waals surface area contributed by atoms with Gasteiger partial charge in [0.1, 0.15) is 22.9 Å². The Balaban J connectivity index is 1.82. The van der Waals surface area contributed by atoms with E-state index < -0.39 is 39.6 Å². The number of carbonyl (C=O) groups excluding carboxylic acids is 2. The van der Waals surface area contributed by atoms with Crippen molar-refractivity contribution in [2.75, 3.05) is 0 Å². The summed E-state index contributed by atoms with van der Waals surface area (Å²) in [5.74, 6) is -1.50. The van der Waals surface area contributed by atoms with Gasteiger partial charge in [-0.2, -0.15) is 8.42 Å². The van der Waals surface area contributed by atoms with Crippen LogP contribution in [-0.2, 0) is 41.3 Å². The molecule has 0 aliphatic rings. The molecule has 8 nitrogen and oxygen atoms in total. The van der Waals surface area contributed by atoms with Crippen LogP contribution in [0.15, 0.2) is 83.8 Å². The number of benzene rings is 3. The molecule has 0 saturated heterocycles. The molecule has 0 aliphatic heterocycles. The lowest BCUT2D eigenvalue weighted by molar-refractivity contribution is -0.166. The molecule has 0 amide bonds. The molecular formula is C28H31NO7S. The average Bonchev–Trinajstić information content (AvgIpc) is 2.83. The highest BCUT2D eigenvalue weighted by atomic mass is 32.2. The lowest BCUT2D eigenvalue weighted by Gasteiger charge is -2.31. The molecule has 0 bridgehead atoms. The summed E-state index contributed by atoms with van der Waals surface area (Å²) in [7, 11) is -4.07. The van der Waals surface area contributed by atoms with Gasteiger partial charge in [0, 0.05) is 0 Å². The maximum absolute atomic E-state index is 13.1. The molecule has 0 aliphatic carbocycles. The maximum Gasteiger partial charge on any atom is 0.339 e. The number of rotatable bonds is 9. The molecule has 1 unspecified atom stereocenters. The molecule has 0 saturated carbocycles. The van der Waals surface area contributed by atoms with Crippen LogP contribution in [0.2, 0.25) is 0 Å². The van der Waals surface area contributed by atoms with E-state index in [-0.39, 0.29) is 22.8 Å². The predicted molar refractivity (Wildman–Crippen MR) is 138 cm³/mol. The predicted octanol–water partition coefficient (Wildman–Crippen LogP) is 4.39. The molecule has 1 atom stereocenters. The van der Waals surface area contributed by atoms with Crippen LogP contribution in [0.5, 0.6) is 5.75 Å². The number of hydrogen-bond acceptors (Lipinski definition) is 8. The molecule has 3 aromatic carbocycles. The van der Waals surface area contributed by atoms with Crippen molar-refractivity contribution >= 4 is 22.1 Å². The van der Waals surface area contributed by atoms with Crippen LogP contribution in [0, 0.1) is 6.92 Å². The highest BCUT2D eigenvalue weighted by molar-refractivity contribution is 7.87. The Morgan fingerprint density at radius 3 is 2.03 bits per heavy atom. The fraction of sp³-hybridized carbons (Fsp3) is 0.286. The van der Waals surface area contributed by atoms with Gasteiger partial charge >= 0.3 is 22.1 Å². The lowest BCUT2D eigenvalue weighted by atomic mass is 9.87. The quantitative estimate of drug-likeness (QED) is 0.322. The first-order valence-corrected chi connectivity index (χ1v) is 13.0. The summed E-state index contributed by atoms with van der Waals surface area (Å²) in [5, 5.41) is 0. The van der Waals surface area contributed by atoms with Crippen LogP contribution in [0.1, 0.15) is 43.9 Å². The average molecular weight is 526 g/mol. The van der Waals surface area contributed by atoms with Crippen LogP contribution in [0.25, 0.3) is 0 Å². The summed E-state index contributed by atoms with van der Waals surface area (Å²) in [6.45, 7) is 6.93. The summed E-state index contributed by atoms with van der Waals surface area (Å²) < 4.78 is 41.3. The van der Waals surface area contributed by atoms with E-state index in [1.165, 1.54) is 36.4 Å². The number of carbonyl (C=O) groups is 2. The van der Waals surface area contributed by atoms with Gasteiger partial charge in [0.2, 0.25) is 0 Å². The second-order valence-corrected chi connectivity index (χ2v) is 11.2. The van der Waals surface area contributed by atoms with Gasteiger partial charge in [-0.3, -0.25) is 4.79 Å². The topological polar surface area (TPSA) is 122 Å². The molecule has 0 aromatic heterocycles. The van der Waals surface area contributed by atoms with Crippen molar-refractivity contribution in [1.29, 1.82) is 0 Å². The maximum atomic E-state index is 13.1. The molecule has 3 rings (SSSR count). The number of ether oxygens (including phenoxy) is 2. The highest BCUT2D eigenvalue weighted by Gasteiger charge is 2.42. The number of esters is 2. The van der Waals surface area contributed by atoms with E-state index in [9.17, 15) is 18.0 Å². The second-order valence-electron chi connectivity index (χ2n) is 9.67. The SMILES string of the molecule is Cc1ccc(S(=O)(=O)Oc2ccc(C(N)(CC(=O)OCc3ccccc3)C(=O)OC(C)(C)C)cc2)cc1. The molecule has 0 fully saturated rings. The smallest absolute Gasteiger partial charge is 0.339 e. The largest absolute Gasteiger partial charge is 0.461 e. The number of nitrogens with two attached hydrogens (primary N) is 1. The Hall–Kier alpha value is -3.69. The first kappa shape index (κ1) is 27.9. The van der Waals surface area contributed by atoms with Crippen molar-refractivity contribution in [3.63, 3.8) is 0 Å². The summed E-state index contributed by atoms with van der Waals surface area (Å²) in [5.41, 5.74) is 5.68. The molecule has 2 N–H and O–H groups in total. The second kappa shape index (κ2) is 11.1. The minimum atomic E-state index is -4.07. The fourth-order valence-electron chi connectivity index (χ4n) is 3.37. The van der Waals surface area contributed by atoms with E-state index in [4.69, 9.17) is 19.4 Å². The highest BCUT2D eigenvalue weighted by Crippen LogP contribution is 2.29. The zero-order valence-electron chi connectivity index (χ0n) is 21.3. The monoisotopic (exact) mass is 525 g/mol. The van der Waals surface area contributed by atoms with Crippen LogP contribution < -0.4 is 9.92 Å². The third-order valence-corrected chi connectivity index (χ3v) is 6.58. The standard InChI is InChI=1S/C28H31NO7S/c1-20-10-16-24(17-11-20)37(32,33)36-23-14-12-22(13-15-23)28(29,26(31)35-27(2,3)4)18-25(30)34-19-21-8-6-5-7-9-21/h5-17H,18-19,29H2,1-4H3. The van der Waals surface area contributed by atoms with E-state index in [2.05, 4.69) is 0 Å². The van der Waals surface area contributed by atoms with Gasteiger partial charge in [-0.05, 0) is 63.1 Å². The van der Waals surface area contributed by atoms with Gasteiger partial charge in [-0.15, -0.1) is 0 Å². The zero-order chi connectivity index (χ0) is 27.3. The van der Waals surface area contributed by atoms with Crippen molar-refractivity contribution in [2.45, 2.75) is 56.8 Å². The van der Waals surface area contributed by atoms with Crippen molar-refractivity contribution in [2.24, 2.45) is 5.73 Å². The molecule has 3 aromatic rings. The summed E-state index contributed by atoms with van der Waals surface area (Å²) in [4.78, 5) is 25.8. The van der Waals surface area contributed by atoms with Crippen molar-refractivity contribution < 1.29 is 31.7 Å². The minimum Gasteiger partial charge on any atom is -0.461 e. The number of aryl methyl sites for hydroxylation is 1. The van der Waals surface area contributed by atoms with E-state index >= 15 is 0 Å². The molecule has 0 spiro atoms. The fourth-order valence-corrected chi connectivity index (χ4v) is 4.30. The van der Waals surface area contributed by atoms with E-state index in [1.54, 1.807) is 45.0 Å². The van der Waals surface area contributed by atoms with Crippen molar-refractivity contribution in [1.82, 2.24) is 0 Å². The summed E-state index contributed by atoms with van der Waals surface area (Å²) in [6, 6.07) is 20.9. The molecule has 196 valence electrons. The third-order valence-electron chi connectivity index (χ3n) is 5.31. The molecule has 9 heteroatoms. The van der Waals surface area contributed by atoms with Gasteiger partial charge in [0.05, 0.1) is 6.42 Å². The summed E-state index contributed by atoms with van der Waals surface area (Å²) in [6.07, 6.45) is -0.489. The summed E-state index contributed by atoms with van der Waals surface area (Å²) >= 11 is 0. The van der Waals surface area contributed by atoms with E-state index in [0.29, 0.717) is 0 Å². The minimum absolute atomic E-state index is 0.00487. The Labute approximate surface area is 217 Å². The molecule has 37 heavy (non-hydrogen) atoms. The normalized spacial score (nSPS) is 13.3. The van der Waals surface area contributed by atoms with Crippen molar-refractivity contribution in [3.8, 4) is 5.75 Å². The zero-order valence-corrected chi connectivity index (χ0v) is 22.1. The van der Waals surface area contributed by atoms with Crippen molar-refractivity contribution in [3.05, 3.63) is 95.6 Å². The van der Waals surface area contributed by atoms with Gasteiger partial charge in [-0.1, -0.05) is 60.2 Å². The van der Waals surface area contributed by atoms with Gasteiger partial charge in [0.15, 0.2) is 5.54 Å². The van der Waals surface area contributed by atoms with Crippen LogP contribution in [0.3, 0.4) is 0 Å². The first-order valence-electron chi connectivity index (χ1n) is 11.6. The van der Waals surface area contributed by atoms with Gasteiger partial charge in [-0.25, -0.2) is 4.79 Å². The lowest BCUT2D eigenvalue weighted by Crippen LogP contribution is -2.50. The number of hydrogen-bond donors (Lipinski definition) is 1. The van der Waals surface area contributed by atoms with Crippen LogP contribution in [-0.4, -0.2) is 26.0 Å². The Morgan fingerprint density at radius 1 is 0.865 bits per heavy atom. The van der Waals surface area contributed by atoms with Crippen LogP contribution >= 0.6 is 0 Å². The Morgan fingerprint density at radius 2 is 1.46 bits per heavy atom. The van der Waals surface area contributed by atoms with E-state index in [0.717, 1.165) is 11.1 Å². The first-order chi connectivity index (χ1) is 17.3. The Kier molecular flexibility index (Phi) is 8.40. The Bertz CT molecular complexity index is 1330. The molecule has 0 heterocycles. The molecular weight excluding hydrogens is 494 g/mol. The van der Waals surface area contributed by atoms with Gasteiger partial charge < -0.3 is 19.4 Å².